The third-order valence-electron chi connectivity index (χ3n) is 7.04. The van der Waals surface area contributed by atoms with Gasteiger partial charge in [0.15, 0.2) is 11.5 Å². The lowest BCUT2D eigenvalue weighted by Gasteiger charge is -2.31. The molecular weight excluding hydrogens is 396 g/mol. The molecule has 2 fully saturated rings. The molecule has 174 valence electrons. The van der Waals surface area contributed by atoms with Crippen molar-refractivity contribution in [2.45, 2.75) is 70.3 Å². The maximum absolute atomic E-state index is 6.34. The first kappa shape index (κ1) is 23.0. The van der Waals surface area contributed by atoms with E-state index in [0.717, 1.165) is 44.0 Å². The first-order chi connectivity index (χ1) is 15.4. The van der Waals surface area contributed by atoms with Gasteiger partial charge >= 0.3 is 0 Å². The largest absolute Gasteiger partial charge is 0.493 e. The highest BCUT2D eigenvalue weighted by atomic mass is 16.5. The number of benzene rings is 2. The van der Waals surface area contributed by atoms with Crippen molar-refractivity contribution in [3.05, 3.63) is 53.6 Å². The molecule has 1 aliphatic carbocycles. The van der Waals surface area contributed by atoms with Crippen LogP contribution in [0.25, 0.3) is 0 Å². The number of hydrogen-bond donors (Lipinski definition) is 2. The number of methoxy groups -OCH3 is 1. The highest BCUT2D eigenvalue weighted by Crippen LogP contribution is 2.36. The van der Waals surface area contributed by atoms with Crippen molar-refractivity contribution < 1.29 is 9.47 Å². The molecule has 0 spiro atoms. The summed E-state index contributed by atoms with van der Waals surface area (Å²) in [6.45, 7) is 9.84. The monoisotopic (exact) mass is 436 g/mol. The molecule has 0 bridgehead atoms. The molecule has 1 saturated carbocycles. The molecule has 1 heterocycles. The number of anilines is 1. The molecule has 4 heteroatoms. The third-order valence-corrected chi connectivity index (χ3v) is 7.04. The topological polar surface area (TPSA) is 42.5 Å². The van der Waals surface area contributed by atoms with Crippen LogP contribution >= 0.6 is 0 Å². The van der Waals surface area contributed by atoms with Crippen LogP contribution in [0.15, 0.2) is 42.5 Å². The van der Waals surface area contributed by atoms with Gasteiger partial charge < -0.3 is 20.1 Å². The summed E-state index contributed by atoms with van der Waals surface area (Å²) in [4.78, 5) is 0. The van der Waals surface area contributed by atoms with Gasteiger partial charge in [0.25, 0.3) is 0 Å². The van der Waals surface area contributed by atoms with E-state index in [0.29, 0.717) is 17.9 Å². The van der Waals surface area contributed by atoms with E-state index in [9.17, 15) is 0 Å². The number of hydrogen-bond acceptors (Lipinski definition) is 4. The van der Waals surface area contributed by atoms with Crippen LogP contribution in [0, 0.1) is 5.92 Å². The third kappa shape index (κ3) is 5.78. The van der Waals surface area contributed by atoms with E-state index in [1.807, 2.05) is 0 Å². The Labute approximate surface area is 194 Å². The number of piperidine rings is 1. The van der Waals surface area contributed by atoms with Crippen LogP contribution in [0.2, 0.25) is 0 Å². The quantitative estimate of drug-likeness (QED) is 0.549. The fourth-order valence-corrected chi connectivity index (χ4v) is 5.02. The van der Waals surface area contributed by atoms with Crippen molar-refractivity contribution in [3.8, 4) is 11.5 Å². The van der Waals surface area contributed by atoms with Gasteiger partial charge in [0.2, 0.25) is 0 Å². The molecule has 32 heavy (non-hydrogen) atoms. The maximum Gasteiger partial charge on any atom is 0.161 e. The van der Waals surface area contributed by atoms with Crippen LogP contribution in [0.4, 0.5) is 5.69 Å². The smallest absolute Gasteiger partial charge is 0.161 e. The Hall–Kier alpha value is -2.20. The Morgan fingerprint density at radius 2 is 1.72 bits per heavy atom. The van der Waals surface area contributed by atoms with Crippen molar-refractivity contribution in [3.63, 3.8) is 0 Å². The van der Waals surface area contributed by atoms with Crippen LogP contribution in [0.5, 0.6) is 11.5 Å². The summed E-state index contributed by atoms with van der Waals surface area (Å²) in [6, 6.07) is 15.4. The van der Waals surface area contributed by atoms with Crippen molar-refractivity contribution in [1.29, 1.82) is 0 Å². The Bertz CT molecular complexity index is 866. The molecule has 4 nitrogen and oxygen atoms in total. The molecular formula is C28H40N2O2. The summed E-state index contributed by atoms with van der Waals surface area (Å²) >= 11 is 0. The number of ether oxygens (including phenoxy) is 2. The van der Waals surface area contributed by atoms with Gasteiger partial charge in [0.05, 0.1) is 13.2 Å². The molecule has 1 aliphatic heterocycles. The summed E-state index contributed by atoms with van der Waals surface area (Å²) in [5.41, 5.74) is 4.12. The maximum atomic E-state index is 6.34. The second-order valence-corrected chi connectivity index (χ2v) is 10.6. The van der Waals surface area contributed by atoms with E-state index in [4.69, 9.17) is 9.47 Å². The number of rotatable bonds is 7. The van der Waals surface area contributed by atoms with E-state index in [1.54, 1.807) is 7.11 Å². The second-order valence-electron chi connectivity index (χ2n) is 10.6. The van der Waals surface area contributed by atoms with Crippen LogP contribution in [-0.2, 0) is 5.41 Å². The molecule has 4 rings (SSSR count). The minimum atomic E-state index is 0.192. The van der Waals surface area contributed by atoms with Crippen LogP contribution < -0.4 is 20.1 Å². The lowest BCUT2D eigenvalue weighted by Crippen LogP contribution is -2.38. The molecule has 1 saturated heterocycles. The minimum Gasteiger partial charge on any atom is -0.493 e. The molecule has 2 N–H and O–H groups in total. The zero-order valence-electron chi connectivity index (χ0n) is 20.2. The highest BCUT2D eigenvalue weighted by molar-refractivity contribution is 5.46. The molecule has 0 unspecified atom stereocenters. The Kier molecular flexibility index (Phi) is 7.30. The van der Waals surface area contributed by atoms with E-state index in [2.05, 4.69) is 73.9 Å². The average molecular weight is 437 g/mol. The van der Waals surface area contributed by atoms with Gasteiger partial charge in [0, 0.05) is 18.8 Å². The van der Waals surface area contributed by atoms with Crippen molar-refractivity contribution in [2.24, 2.45) is 5.92 Å². The predicted octanol–water partition coefficient (Wildman–Crippen LogP) is 6.12. The van der Waals surface area contributed by atoms with Gasteiger partial charge in [-0.25, -0.2) is 0 Å². The molecule has 2 aromatic carbocycles. The molecule has 0 amide bonds. The summed E-state index contributed by atoms with van der Waals surface area (Å²) < 4.78 is 11.9. The molecule has 2 atom stereocenters. The van der Waals surface area contributed by atoms with Gasteiger partial charge in [-0.1, -0.05) is 39.0 Å². The normalized spacial score (nSPS) is 22.0. The standard InChI is InChI=1S/C28H40N2O2/c1-28(2,3)23-10-12-24(13-11-23)30-18-20-15-22(19-29-17-20)21-9-14-26(31-4)27(16-21)32-25-7-5-6-8-25/h9-14,16,20,22,25,29-30H,5-8,15,17-19H2,1-4H3/t20-,22+/m0/s1. The van der Waals surface area contributed by atoms with E-state index < -0.39 is 0 Å². The Morgan fingerprint density at radius 3 is 2.41 bits per heavy atom. The fraction of sp³-hybridized carbons (Fsp3) is 0.571. The lowest BCUT2D eigenvalue weighted by molar-refractivity contribution is 0.200. The number of nitrogens with one attached hydrogen (secondary N) is 2. The van der Waals surface area contributed by atoms with E-state index in [1.165, 1.54) is 36.1 Å². The van der Waals surface area contributed by atoms with Crippen molar-refractivity contribution in [1.82, 2.24) is 5.32 Å². The average Bonchev–Trinajstić information content (AvgIpc) is 3.31. The van der Waals surface area contributed by atoms with E-state index >= 15 is 0 Å². The van der Waals surface area contributed by atoms with Crippen LogP contribution in [-0.4, -0.2) is 32.8 Å². The van der Waals surface area contributed by atoms with E-state index in [-0.39, 0.29) is 5.41 Å². The second kappa shape index (κ2) is 10.2. The first-order valence-electron chi connectivity index (χ1n) is 12.3. The summed E-state index contributed by atoms with van der Waals surface area (Å²) in [5, 5.41) is 7.32. The summed E-state index contributed by atoms with van der Waals surface area (Å²) in [7, 11) is 1.73. The molecule has 0 aromatic heterocycles. The molecule has 2 aliphatic rings. The Balaban J connectivity index is 1.37. The molecule has 2 aromatic rings. The van der Waals surface area contributed by atoms with Gasteiger partial charge in [-0.3, -0.25) is 0 Å². The SMILES string of the molecule is COc1ccc([C@H]2CNC[C@@H](CNc3ccc(C(C)(C)C)cc3)C2)cc1OC1CCCC1. The van der Waals surface area contributed by atoms with Crippen LogP contribution in [0.3, 0.4) is 0 Å². The zero-order chi connectivity index (χ0) is 22.6. The van der Waals surface area contributed by atoms with Gasteiger partial charge in [-0.15, -0.1) is 0 Å². The summed E-state index contributed by atoms with van der Waals surface area (Å²) in [5.74, 6) is 2.85. The van der Waals surface area contributed by atoms with Crippen molar-refractivity contribution >= 4 is 5.69 Å². The zero-order valence-corrected chi connectivity index (χ0v) is 20.2. The lowest BCUT2D eigenvalue weighted by atomic mass is 9.85. The van der Waals surface area contributed by atoms with Gasteiger partial charge in [-0.2, -0.15) is 0 Å². The fourth-order valence-electron chi connectivity index (χ4n) is 5.02. The van der Waals surface area contributed by atoms with Gasteiger partial charge in [-0.05, 0) is 91.3 Å². The Morgan fingerprint density at radius 1 is 0.969 bits per heavy atom. The summed E-state index contributed by atoms with van der Waals surface area (Å²) in [6.07, 6.45) is 6.37. The van der Waals surface area contributed by atoms with Crippen LogP contribution in [0.1, 0.15) is 69.9 Å². The van der Waals surface area contributed by atoms with Crippen molar-refractivity contribution in [2.75, 3.05) is 32.1 Å². The van der Waals surface area contributed by atoms with Gasteiger partial charge in [0.1, 0.15) is 0 Å². The predicted molar refractivity (Wildman–Crippen MR) is 133 cm³/mol. The minimum absolute atomic E-state index is 0.192. The highest BCUT2D eigenvalue weighted by Gasteiger charge is 2.25. The first-order valence-corrected chi connectivity index (χ1v) is 12.3. The molecule has 0 radical (unpaired) electrons.